The van der Waals surface area contributed by atoms with Gasteiger partial charge in [0.1, 0.15) is 5.75 Å². The summed E-state index contributed by atoms with van der Waals surface area (Å²) in [6, 6.07) is 0. The maximum atomic E-state index is 5.79. The van der Waals surface area contributed by atoms with E-state index in [9.17, 15) is 0 Å². The largest absolute Gasteiger partial charge is 0.467 e. The average molecular weight is 298 g/mol. The summed E-state index contributed by atoms with van der Waals surface area (Å²) < 4.78 is 27.1. The third kappa shape index (κ3) is 3.74. The highest BCUT2D eigenvalue weighted by Gasteiger charge is 2.25. The van der Waals surface area contributed by atoms with Crippen LogP contribution in [0.15, 0.2) is 0 Å². The zero-order valence-electron chi connectivity index (χ0n) is 14.0. The highest BCUT2D eigenvalue weighted by molar-refractivity contribution is 5.55. The second kappa shape index (κ2) is 8.34. The molecule has 0 aliphatic heterocycles. The Bertz CT molecular complexity index is 466. The molecule has 0 amide bonds. The van der Waals surface area contributed by atoms with Crippen LogP contribution >= 0.6 is 0 Å². The third-order valence-corrected chi connectivity index (χ3v) is 3.76. The quantitative estimate of drug-likeness (QED) is 0.690. The van der Waals surface area contributed by atoms with Gasteiger partial charge < -0.3 is 23.7 Å². The number of hydrogen-bond donors (Lipinski definition) is 0. The minimum absolute atomic E-state index is 0.170. The van der Waals surface area contributed by atoms with E-state index in [-0.39, 0.29) is 6.79 Å². The minimum atomic E-state index is -0.514. The lowest BCUT2D eigenvalue weighted by Crippen LogP contribution is -2.15. The van der Waals surface area contributed by atoms with Gasteiger partial charge in [-0.25, -0.2) is 0 Å². The fourth-order valence-electron chi connectivity index (χ4n) is 2.43. The molecule has 0 spiro atoms. The third-order valence-electron chi connectivity index (χ3n) is 3.76. The van der Waals surface area contributed by atoms with Gasteiger partial charge in [0.15, 0.2) is 13.1 Å². The topological polar surface area (TPSA) is 46.2 Å². The first-order valence-electron chi connectivity index (χ1n) is 6.82. The van der Waals surface area contributed by atoms with E-state index in [0.717, 1.165) is 28.0 Å². The summed E-state index contributed by atoms with van der Waals surface area (Å²) >= 11 is 0. The van der Waals surface area contributed by atoms with Crippen molar-refractivity contribution >= 4 is 0 Å². The Kier molecular flexibility index (Phi) is 7.11. The van der Waals surface area contributed by atoms with Crippen LogP contribution < -0.4 is 4.74 Å². The van der Waals surface area contributed by atoms with Crippen molar-refractivity contribution in [1.29, 1.82) is 0 Å². The maximum absolute atomic E-state index is 5.79. The highest BCUT2D eigenvalue weighted by Crippen LogP contribution is 2.39. The summed E-state index contributed by atoms with van der Waals surface area (Å²) in [5.41, 5.74) is 5.27. The molecule has 0 unspecified atom stereocenters. The van der Waals surface area contributed by atoms with Crippen molar-refractivity contribution in [2.24, 2.45) is 0 Å². The Labute approximate surface area is 127 Å². The van der Waals surface area contributed by atoms with Crippen molar-refractivity contribution in [2.45, 2.75) is 33.7 Å². The minimum Gasteiger partial charge on any atom is -0.467 e. The van der Waals surface area contributed by atoms with E-state index in [1.165, 1.54) is 5.56 Å². The molecule has 1 aromatic carbocycles. The lowest BCUT2D eigenvalue weighted by atomic mass is 9.92. The number of ether oxygens (including phenoxy) is 5. The summed E-state index contributed by atoms with van der Waals surface area (Å²) in [5.74, 6) is 0.737. The fraction of sp³-hybridized carbons (Fsp3) is 0.625. The maximum Gasteiger partial charge on any atom is 0.188 e. The van der Waals surface area contributed by atoms with E-state index >= 15 is 0 Å². The standard InChI is InChI=1S/C16H26O5/c1-10-11(2)13(8-17-4)14(16(19-6)20-7)15(12(10)3)21-9-18-5/h16H,8-9H2,1-7H3. The normalized spacial score (nSPS) is 11.2. The Balaban J connectivity index is 3.56. The molecule has 5 nitrogen and oxygen atoms in total. The van der Waals surface area contributed by atoms with Crippen molar-refractivity contribution in [3.8, 4) is 5.75 Å². The first-order chi connectivity index (χ1) is 10.0. The van der Waals surface area contributed by atoms with Gasteiger partial charge in [-0.3, -0.25) is 0 Å². The van der Waals surface area contributed by atoms with E-state index in [0.29, 0.717) is 6.61 Å². The molecule has 0 saturated heterocycles. The Morgan fingerprint density at radius 1 is 0.810 bits per heavy atom. The van der Waals surface area contributed by atoms with Crippen molar-refractivity contribution in [3.05, 3.63) is 27.8 Å². The van der Waals surface area contributed by atoms with E-state index in [4.69, 9.17) is 23.7 Å². The van der Waals surface area contributed by atoms with Crippen LogP contribution in [0.2, 0.25) is 0 Å². The molecule has 21 heavy (non-hydrogen) atoms. The molecule has 0 radical (unpaired) electrons. The van der Waals surface area contributed by atoms with Gasteiger partial charge in [-0.05, 0) is 43.0 Å². The number of benzene rings is 1. The van der Waals surface area contributed by atoms with Crippen LogP contribution in [0.5, 0.6) is 5.75 Å². The molecular weight excluding hydrogens is 272 g/mol. The van der Waals surface area contributed by atoms with Gasteiger partial charge in [0, 0.05) is 28.4 Å². The van der Waals surface area contributed by atoms with Crippen LogP contribution in [0.4, 0.5) is 0 Å². The fourth-order valence-corrected chi connectivity index (χ4v) is 2.43. The molecule has 1 aromatic rings. The van der Waals surface area contributed by atoms with Gasteiger partial charge in [-0.1, -0.05) is 0 Å². The molecule has 0 N–H and O–H groups in total. The molecule has 0 aliphatic rings. The van der Waals surface area contributed by atoms with Gasteiger partial charge in [0.2, 0.25) is 0 Å². The molecule has 0 aromatic heterocycles. The summed E-state index contributed by atoms with van der Waals surface area (Å²) in [5, 5.41) is 0. The molecule has 0 bridgehead atoms. The molecule has 5 heteroatoms. The van der Waals surface area contributed by atoms with Crippen molar-refractivity contribution in [3.63, 3.8) is 0 Å². The second-order valence-electron chi connectivity index (χ2n) is 4.88. The van der Waals surface area contributed by atoms with Crippen LogP contribution in [0.25, 0.3) is 0 Å². The molecule has 120 valence electrons. The number of rotatable bonds is 8. The highest BCUT2D eigenvalue weighted by atomic mass is 16.7. The molecule has 0 saturated carbocycles. The zero-order valence-corrected chi connectivity index (χ0v) is 14.0. The SMILES string of the molecule is COCOc1c(C)c(C)c(C)c(COC)c1C(OC)OC. The van der Waals surface area contributed by atoms with E-state index < -0.39 is 6.29 Å². The van der Waals surface area contributed by atoms with Crippen molar-refractivity contribution in [1.82, 2.24) is 0 Å². The first-order valence-corrected chi connectivity index (χ1v) is 6.82. The second-order valence-corrected chi connectivity index (χ2v) is 4.88. The van der Waals surface area contributed by atoms with Gasteiger partial charge in [-0.15, -0.1) is 0 Å². The van der Waals surface area contributed by atoms with Crippen LogP contribution in [0.1, 0.15) is 34.1 Å². The average Bonchev–Trinajstić information content (AvgIpc) is 2.49. The van der Waals surface area contributed by atoms with Crippen LogP contribution in [0, 0.1) is 20.8 Å². The Morgan fingerprint density at radius 3 is 1.90 bits per heavy atom. The van der Waals surface area contributed by atoms with Crippen LogP contribution in [-0.4, -0.2) is 35.2 Å². The van der Waals surface area contributed by atoms with Crippen LogP contribution in [-0.2, 0) is 25.6 Å². The van der Waals surface area contributed by atoms with E-state index in [1.807, 2.05) is 6.92 Å². The Hall–Kier alpha value is -1.14. The Morgan fingerprint density at radius 2 is 1.43 bits per heavy atom. The van der Waals surface area contributed by atoms with Gasteiger partial charge >= 0.3 is 0 Å². The molecule has 1 rings (SSSR count). The monoisotopic (exact) mass is 298 g/mol. The van der Waals surface area contributed by atoms with Crippen LogP contribution in [0.3, 0.4) is 0 Å². The van der Waals surface area contributed by atoms with Crippen molar-refractivity contribution in [2.75, 3.05) is 35.2 Å². The summed E-state index contributed by atoms with van der Waals surface area (Å²) in [4.78, 5) is 0. The predicted octanol–water partition coefficient (Wildman–Crippen LogP) is 3.03. The number of methoxy groups -OCH3 is 4. The van der Waals surface area contributed by atoms with Gasteiger partial charge in [-0.2, -0.15) is 0 Å². The number of hydrogen-bond acceptors (Lipinski definition) is 5. The molecule has 0 atom stereocenters. The smallest absolute Gasteiger partial charge is 0.188 e. The summed E-state index contributed by atoms with van der Waals surface area (Å²) in [7, 11) is 6.48. The molecule has 0 aliphatic carbocycles. The van der Waals surface area contributed by atoms with E-state index in [2.05, 4.69) is 13.8 Å². The first kappa shape index (κ1) is 17.9. The summed E-state index contributed by atoms with van der Waals surface area (Å²) in [6.45, 7) is 6.80. The molecule has 0 heterocycles. The van der Waals surface area contributed by atoms with Gasteiger partial charge in [0.05, 0.1) is 12.2 Å². The molecular formula is C16H26O5. The lowest BCUT2D eigenvalue weighted by Gasteiger charge is -2.26. The zero-order chi connectivity index (χ0) is 16.0. The summed E-state index contributed by atoms with van der Waals surface area (Å²) in [6.07, 6.45) is -0.514. The predicted molar refractivity (Wildman–Crippen MR) is 80.6 cm³/mol. The van der Waals surface area contributed by atoms with E-state index in [1.54, 1.807) is 28.4 Å². The lowest BCUT2D eigenvalue weighted by molar-refractivity contribution is -0.109. The van der Waals surface area contributed by atoms with Crippen molar-refractivity contribution < 1.29 is 23.7 Å². The van der Waals surface area contributed by atoms with Gasteiger partial charge in [0.25, 0.3) is 0 Å². The molecule has 0 fully saturated rings.